The fraction of sp³-hybridized carbons (Fsp3) is 0.125. The molecule has 0 aliphatic rings. The minimum Gasteiger partial charge on any atom is -0.366 e. The number of alkyl halides is 3. The number of hydrogen-bond donors (Lipinski definition) is 1. The molecular formula is C8H4F4N2O3. The first-order valence-corrected chi connectivity index (χ1v) is 4.00. The van der Waals surface area contributed by atoms with Crippen molar-refractivity contribution in [2.24, 2.45) is 5.73 Å². The average molecular weight is 252 g/mol. The highest BCUT2D eigenvalue weighted by Crippen LogP contribution is 2.38. The maximum atomic E-state index is 13.3. The van der Waals surface area contributed by atoms with Gasteiger partial charge >= 0.3 is 11.9 Å². The van der Waals surface area contributed by atoms with Gasteiger partial charge in [-0.15, -0.1) is 0 Å². The lowest BCUT2D eigenvalue weighted by molar-refractivity contribution is -0.390. The maximum absolute atomic E-state index is 13.3. The summed E-state index contributed by atoms with van der Waals surface area (Å²) in [6.45, 7) is 0. The first-order chi connectivity index (χ1) is 7.66. The number of nitro groups is 1. The van der Waals surface area contributed by atoms with Crippen molar-refractivity contribution in [3.8, 4) is 0 Å². The summed E-state index contributed by atoms with van der Waals surface area (Å²) >= 11 is 0. The molecule has 2 N–H and O–H groups in total. The van der Waals surface area contributed by atoms with Crippen LogP contribution in [0.1, 0.15) is 15.9 Å². The number of amides is 1. The van der Waals surface area contributed by atoms with E-state index in [1.807, 2.05) is 0 Å². The first-order valence-electron chi connectivity index (χ1n) is 4.00. The Kier molecular flexibility index (Phi) is 3.03. The Morgan fingerprint density at radius 3 is 2.24 bits per heavy atom. The molecular weight excluding hydrogens is 248 g/mol. The van der Waals surface area contributed by atoms with Gasteiger partial charge in [0.25, 0.3) is 5.91 Å². The number of benzene rings is 1. The summed E-state index contributed by atoms with van der Waals surface area (Å²) in [5, 5.41) is 10.4. The van der Waals surface area contributed by atoms with Crippen LogP contribution in [-0.4, -0.2) is 10.8 Å². The number of nitrogens with zero attached hydrogens (tertiary/aromatic N) is 1. The zero-order chi connectivity index (χ0) is 13.4. The molecule has 0 unspecified atom stereocenters. The standard InChI is InChI=1S/C8H4F4N2O3/c9-5-3(7(13)15)1-2-4(8(10,11)12)6(5)14(16)17/h1-2H,(H2,13,15). The van der Waals surface area contributed by atoms with Gasteiger partial charge in [0.2, 0.25) is 5.82 Å². The number of halogens is 4. The third-order valence-electron chi connectivity index (χ3n) is 1.87. The van der Waals surface area contributed by atoms with Crippen molar-refractivity contribution in [3.05, 3.63) is 39.2 Å². The molecule has 17 heavy (non-hydrogen) atoms. The molecule has 0 heterocycles. The van der Waals surface area contributed by atoms with Crippen LogP contribution in [-0.2, 0) is 6.18 Å². The smallest absolute Gasteiger partial charge is 0.366 e. The summed E-state index contributed by atoms with van der Waals surface area (Å²) in [5.41, 5.74) is 0.108. The van der Waals surface area contributed by atoms with Gasteiger partial charge in [-0.2, -0.15) is 17.6 Å². The number of carbonyl (C=O) groups excluding carboxylic acids is 1. The molecule has 0 saturated heterocycles. The largest absolute Gasteiger partial charge is 0.423 e. The first kappa shape index (κ1) is 12.9. The van der Waals surface area contributed by atoms with Crippen LogP contribution in [0.4, 0.5) is 23.2 Å². The van der Waals surface area contributed by atoms with Crippen LogP contribution in [0.2, 0.25) is 0 Å². The minimum absolute atomic E-state index is 0.237. The van der Waals surface area contributed by atoms with Gasteiger partial charge in [-0.1, -0.05) is 0 Å². The van der Waals surface area contributed by atoms with E-state index in [-0.39, 0.29) is 6.07 Å². The van der Waals surface area contributed by atoms with E-state index in [1.54, 1.807) is 0 Å². The maximum Gasteiger partial charge on any atom is 0.423 e. The molecule has 9 heteroatoms. The Hall–Kier alpha value is -2.19. The fourth-order valence-electron chi connectivity index (χ4n) is 1.16. The van der Waals surface area contributed by atoms with Crippen LogP contribution in [0.15, 0.2) is 12.1 Å². The van der Waals surface area contributed by atoms with Crippen LogP contribution in [0.25, 0.3) is 0 Å². The van der Waals surface area contributed by atoms with Crippen molar-refractivity contribution in [2.45, 2.75) is 6.18 Å². The van der Waals surface area contributed by atoms with E-state index >= 15 is 0 Å². The number of hydrogen-bond acceptors (Lipinski definition) is 3. The lowest BCUT2D eigenvalue weighted by atomic mass is 10.1. The lowest BCUT2D eigenvalue weighted by Gasteiger charge is -2.08. The number of carbonyl (C=O) groups is 1. The van der Waals surface area contributed by atoms with Gasteiger partial charge in [0.1, 0.15) is 5.56 Å². The molecule has 1 amide bonds. The molecule has 0 bridgehead atoms. The molecule has 0 aliphatic heterocycles. The van der Waals surface area contributed by atoms with Crippen molar-refractivity contribution in [1.82, 2.24) is 0 Å². The van der Waals surface area contributed by atoms with Gasteiger partial charge in [0, 0.05) is 0 Å². The molecule has 1 aromatic rings. The lowest BCUT2D eigenvalue weighted by Crippen LogP contribution is -2.17. The second kappa shape index (κ2) is 4.00. The van der Waals surface area contributed by atoms with Crippen molar-refractivity contribution < 1.29 is 27.3 Å². The van der Waals surface area contributed by atoms with E-state index in [0.717, 1.165) is 0 Å². The Labute approximate surface area is 91.0 Å². The topological polar surface area (TPSA) is 86.2 Å². The van der Waals surface area contributed by atoms with Crippen LogP contribution in [0.5, 0.6) is 0 Å². The van der Waals surface area contributed by atoms with E-state index in [2.05, 4.69) is 5.73 Å². The molecule has 0 radical (unpaired) electrons. The molecule has 1 aromatic carbocycles. The van der Waals surface area contributed by atoms with Gasteiger partial charge in [-0.25, -0.2) is 0 Å². The predicted octanol–water partition coefficient (Wildman–Crippen LogP) is 1.85. The quantitative estimate of drug-likeness (QED) is 0.495. The van der Waals surface area contributed by atoms with Gasteiger partial charge in [-0.05, 0) is 12.1 Å². The molecule has 0 fully saturated rings. The van der Waals surface area contributed by atoms with Crippen LogP contribution in [0.3, 0.4) is 0 Å². The number of rotatable bonds is 2. The Morgan fingerprint density at radius 1 is 1.35 bits per heavy atom. The molecule has 0 saturated carbocycles. The molecule has 0 spiro atoms. The Morgan fingerprint density at radius 2 is 1.88 bits per heavy atom. The van der Waals surface area contributed by atoms with Gasteiger partial charge < -0.3 is 5.73 Å². The highest BCUT2D eigenvalue weighted by molar-refractivity contribution is 5.94. The van der Waals surface area contributed by atoms with E-state index < -0.39 is 39.6 Å². The molecule has 0 aromatic heterocycles. The van der Waals surface area contributed by atoms with E-state index in [1.165, 1.54) is 0 Å². The summed E-state index contributed by atoms with van der Waals surface area (Å²) in [7, 11) is 0. The van der Waals surface area contributed by atoms with E-state index in [0.29, 0.717) is 6.07 Å². The summed E-state index contributed by atoms with van der Waals surface area (Å²) in [6, 6.07) is 0.689. The number of primary amides is 1. The summed E-state index contributed by atoms with van der Waals surface area (Å²) in [6.07, 6.45) is -5.10. The van der Waals surface area contributed by atoms with Gasteiger partial charge in [0.15, 0.2) is 0 Å². The molecule has 0 aliphatic carbocycles. The van der Waals surface area contributed by atoms with Crippen LogP contribution < -0.4 is 5.73 Å². The van der Waals surface area contributed by atoms with Crippen LogP contribution in [0, 0.1) is 15.9 Å². The van der Waals surface area contributed by atoms with Crippen molar-refractivity contribution in [1.29, 1.82) is 0 Å². The zero-order valence-corrected chi connectivity index (χ0v) is 7.92. The van der Waals surface area contributed by atoms with Crippen molar-refractivity contribution in [2.75, 3.05) is 0 Å². The summed E-state index contributed by atoms with van der Waals surface area (Å²) in [4.78, 5) is 19.5. The second-order valence-corrected chi connectivity index (χ2v) is 2.94. The normalized spacial score (nSPS) is 11.3. The molecule has 1 rings (SSSR count). The third-order valence-corrected chi connectivity index (χ3v) is 1.87. The zero-order valence-electron chi connectivity index (χ0n) is 7.92. The second-order valence-electron chi connectivity index (χ2n) is 2.94. The molecule has 5 nitrogen and oxygen atoms in total. The highest BCUT2D eigenvalue weighted by Gasteiger charge is 2.41. The van der Waals surface area contributed by atoms with Gasteiger partial charge in [-0.3, -0.25) is 14.9 Å². The van der Waals surface area contributed by atoms with Crippen molar-refractivity contribution in [3.63, 3.8) is 0 Å². The van der Waals surface area contributed by atoms with E-state index in [4.69, 9.17) is 0 Å². The number of nitro benzene ring substituents is 1. The minimum atomic E-state index is -5.10. The summed E-state index contributed by atoms with van der Waals surface area (Å²) in [5.74, 6) is -3.28. The third kappa shape index (κ3) is 2.32. The SMILES string of the molecule is NC(=O)c1ccc(C(F)(F)F)c([N+](=O)[O-])c1F. The van der Waals surface area contributed by atoms with E-state index in [9.17, 15) is 32.5 Å². The van der Waals surface area contributed by atoms with Crippen molar-refractivity contribution >= 4 is 11.6 Å². The van der Waals surface area contributed by atoms with Gasteiger partial charge in [0.05, 0.1) is 10.5 Å². The Balaban J connectivity index is 3.63. The van der Waals surface area contributed by atoms with Crippen LogP contribution >= 0.6 is 0 Å². The number of nitrogens with two attached hydrogens (primary N) is 1. The molecule has 92 valence electrons. The highest BCUT2D eigenvalue weighted by atomic mass is 19.4. The summed E-state index contributed by atoms with van der Waals surface area (Å²) < 4.78 is 50.3. The predicted molar refractivity (Wildman–Crippen MR) is 46.6 cm³/mol. The molecule has 0 atom stereocenters. The average Bonchev–Trinajstić information content (AvgIpc) is 2.14. The fourth-order valence-corrected chi connectivity index (χ4v) is 1.16. The monoisotopic (exact) mass is 252 g/mol. The Bertz CT molecular complexity index is 498.